The summed E-state index contributed by atoms with van der Waals surface area (Å²) in [6.45, 7) is 6.81. The lowest BCUT2D eigenvalue weighted by Crippen LogP contribution is -2.36. The van der Waals surface area contributed by atoms with Crippen molar-refractivity contribution in [1.82, 2.24) is 0 Å². The molecule has 0 bridgehead atoms. The summed E-state index contributed by atoms with van der Waals surface area (Å²) in [5.41, 5.74) is 5.98. The smallest absolute Gasteiger partial charge is 0.119 e. The van der Waals surface area contributed by atoms with Gasteiger partial charge in [-0.1, -0.05) is 61.2 Å². The minimum atomic E-state index is -0.213. The summed E-state index contributed by atoms with van der Waals surface area (Å²) < 4.78 is 5.48. The third-order valence-corrected chi connectivity index (χ3v) is 5.99. The fourth-order valence-corrected chi connectivity index (χ4v) is 4.49. The van der Waals surface area contributed by atoms with E-state index in [2.05, 4.69) is 91.6 Å². The van der Waals surface area contributed by atoms with E-state index in [1.165, 1.54) is 22.3 Å². The van der Waals surface area contributed by atoms with Crippen LogP contribution in [0.25, 0.3) is 5.57 Å². The molecule has 3 aromatic carbocycles. The van der Waals surface area contributed by atoms with Crippen LogP contribution in [0.1, 0.15) is 30.0 Å². The number of benzene rings is 3. The van der Waals surface area contributed by atoms with Crippen LogP contribution >= 0.6 is 0 Å². The number of aryl methyl sites for hydroxylation is 1. The maximum absolute atomic E-state index is 5.48. The normalized spacial score (nSPS) is 20.6. The summed E-state index contributed by atoms with van der Waals surface area (Å²) in [6, 6.07) is 27.5. The van der Waals surface area contributed by atoms with Gasteiger partial charge < -0.3 is 10.1 Å². The predicted octanol–water partition coefficient (Wildman–Crippen LogP) is 6.30. The van der Waals surface area contributed by atoms with Crippen LogP contribution in [-0.2, 0) is 12.0 Å². The van der Waals surface area contributed by atoms with E-state index >= 15 is 0 Å². The van der Waals surface area contributed by atoms with Crippen molar-refractivity contribution in [3.05, 3.63) is 102 Å². The largest absolute Gasteiger partial charge is 0.497 e. The molecular weight excluding hydrogens is 342 g/mol. The molecular formula is C26H27NO. The zero-order chi connectivity index (χ0) is 19.6. The Morgan fingerprint density at radius 1 is 0.964 bits per heavy atom. The van der Waals surface area contributed by atoms with E-state index in [-0.39, 0.29) is 5.54 Å². The molecule has 2 heteroatoms. The molecule has 142 valence electrons. The number of rotatable bonds is 6. The summed E-state index contributed by atoms with van der Waals surface area (Å²) in [4.78, 5) is 0. The molecule has 1 aliphatic carbocycles. The topological polar surface area (TPSA) is 21.3 Å². The van der Waals surface area contributed by atoms with Crippen molar-refractivity contribution in [2.45, 2.75) is 25.3 Å². The summed E-state index contributed by atoms with van der Waals surface area (Å²) in [7, 11) is 1.72. The summed E-state index contributed by atoms with van der Waals surface area (Å²) in [6.07, 6.45) is 2.07. The van der Waals surface area contributed by atoms with Crippen molar-refractivity contribution in [2.75, 3.05) is 12.4 Å². The molecule has 0 unspecified atom stereocenters. The van der Waals surface area contributed by atoms with Gasteiger partial charge in [-0.3, -0.25) is 0 Å². The van der Waals surface area contributed by atoms with Gasteiger partial charge in [0, 0.05) is 11.6 Å². The van der Waals surface area contributed by atoms with Gasteiger partial charge in [-0.05, 0) is 66.3 Å². The quantitative estimate of drug-likeness (QED) is 0.550. The van der Waals surface area contributed by atoms with Gasteiger partial charge in [0.1, 0.15) is 5.75 Å². The van der Waals surface area contributed by atoms with Crippen LogP contribution in [0, 0.1) is 5.92 Å². The summed E-state index contributed by atoms with van der Waals surface area (Å²) >= 11 is 0. The van der Waals surface area contributed by atoms with E-state index in [1.807, 2.05) is 6.07 Å². The molecule has 2 nitrogen and oxygen atoms in total. The molecule has 0 fully saturated rings. The molecule has 1 N–H and O–H groups in total. The SMILES string of the molecule is C=C1c2cc(OC)ccc2[C@@](C)(Nc2ccccc2)[C@H]1CCc1ccccc1. The molecule has 0 heterocycles. The van der Waals surface area contributed by atoms with Crippen molar-refractivity contribution >= 4 is 11.3 Å². The Hall–Kier alpha value is -3.00. The number of methoxy groups -OCH3 is 1. The van der Waals surface area contributed by atoms with E-state index in [0.717, 1.165) is 24.3 Å². The molecule has 0 aromatic heterocycles. The van der Waals surface area contributed by atoms with Crippen molar-refractivity contribution in [3.63, 3.8) is 0 Å². The van der Waals surface area contributed by atoms with Crippen LogP contribution < -0.4 is 10.1 Å². The fourth-order valence-electron chi connectivity index (χ4n) is 4.49. The zero-order valence-electron chi connectivity index (χ0n) is 16.6. The number of hydrogen-bond donors (Lipinski definition) is 1. The maximum Gasteiger partial charge on any atom is 0.119 e. The highest BCUT2D eigenvalue weighted by molar-refractivity contribution is 5.78. The third kappa shape index (κ3) is 3.31. The van der Waals surface area contributed by atoms with E-state index in [1.54, 1.807) is 7.11 Å². The first-order valence-electron chi connectivity index (χ1n) is 9.86. The number of ether oxygens (including phenoxy) is 1. The van der Waals surface area contributed by atoms with Crippen LogP contribution in [0.2, 0.25) is 0 Å². The van der Waals surface area contributed by atoms with Crippen LogP contribution in [-0.4, -0.2) is 7.11 Å². The Bertz CT molecular complexity index is 964. The van der Waals surface area contributed by atoms with Crippen molar-refractivity contribution < 1.29 is 4.74 Å². The molecule has 0 saturated carbocycles. The van der Waals surface area contributed by atoms with Crippen molar-refractivity contribution in [3.8, 4) is 5.75 Å². The van der Waals surface area contributed by atoms with Gasteiger partial charge in [0.05, 0.1) is 12.6 Å². The predicted molar refractivity (Wildman–Crippen MR) is 118 cm³/mol. The molecule has 0 saturated heterocycles. The van der Waals surface area contributed by atoms with E-state index in [0.29, 0.717) is 5.92 Å². The summed E-state index contributed by atoms with van der Waals surface area (Å²) in [5.74, 6) is 1.18. The van der Waals surface area contributed by atoms with Crippen LogP contribution in [0.4, 0.5) is 5.69 Å². The van der Waals surface area contributed by atoms with Gasteiger partial charge in [0.15, 0.2) is 0 Å². The third-order valence-electron chi connectivity index (χ3n) is 5.99. The maximum atomic E-state index is 5.48. The number of anilines is 1. The molecule has 0 amide bonds. The van der Waals surface area contributed by atoms with Gasteiger partial charge in [-0.2, -0.15) is 0 Å². The molecule has 3 aromatic rings. The highest BCUT2D eigenvalue weighted by Crippen LogP contribution is 2.52. The second kappa shape index (κ2) is 7.55. The Morgan fingerprint density at radius 2 is 1.64 bits per heavy atom. The Kier molecular flexibility index (Phi) is 4.95. The van der Waals surface area contributed by atoms with Gasteiger partial charge in [0.2, 0.25) is 0 Å². The van der Waals surface area contributed by atoms with Crippen molar-refractivity contribution in [2.24, 2.45) is 5.92 Å². The van der Waals surface area contributed by atoms with Gasteiger partial charge in [-0.15, -0.1) is 0 Å². The molecule has 2 atom stereocenters. The standard InChI is InChI=1S/C26H27NO/c1-19-23-18-22(28-3)15-17-25(23)26(2,27-21-12-8-5-9-13-21)24(19)16-14-20-10-6-4-7-11-20/h4-13,15,17-18,24,27H,1,14,16H2,2-3H3/t24-,26-/m0/s1. The first-order valence-corrected chi connectivity index (χ1v) is 9.86. The van der Waals surface area contributed by atoms with Crippen LogP contribution in [0.15, 0.2) is 85.4 Å². The van der Waals surface area contributed by atoms with Gasteiger partial charge in [0.25, 0.3) is 0 Å². The molecule has 28 heavy (non-hydrogen) atoms. The van der Waals surface area contributed by atoms with Crippen LogP contribution in [0.3, 0.4) is 0 Å². The summed E-state index contributed by atoms with van der Waals surface area (Å²) in [5, 5.41) is 3.83. The van der Waals surface area contributed by atoms with Crippen molar-refractivity contribution in [1.29, 1.82) is 0 Å². The molecule has 1 aliphatic rings. The number of hydrogen-bond acceptors (Lipinski definition) is 2. The minimum absolute atomic E-state index is 0.213. The zero-order valence-corrected chi connectivity index (χ0v) is 16.6. The van der Waals surface area contributed by atoms with Crippen LogP contribution in [0.5, 0.6) is 5.75 Å². The lowest BCUT2D eigenvalue weighted by atomic mass is 9.80. The Morgan fingerprint density at radius 3 is 2.32 bits per heavy atom. The van der Waals surface area contributed by atoms with Gasteiger partial charge >= 0.3 is 0 Å². The van der Waals surface area contributed by atoms with E-state index in [4.69, 9.17) is 4.74 Å². The first-order chi connectivity index (χ1) is 13.6. The average molecular weight is 370 g/mol. The highest BCUT2D eigenvalue weighted by atomic mass is 16.5. The number of nitrogens with one attached hydrogen (secondary N) is 1. The van der Waals surface area contributed by atoms with E-state index < -0.39 is 0 Å². The molecule has 0 aliphatic heterocycles. The lowest BCUT2D eigenvalue weighted by molar-refractivity contribution is 0.402. The molecule has 4 rings (SSSR count). The van der Waals surface area contributed by atoms with E-state index in [9.17, 15) is 0 Å². The average Bonchev–Trinajstić information content (AvgIpc) is 2.94. The van der Waals surface area contributed by atoms with Gasteiger partial charge in [-0.25, -0.2) is 0 Å². The fraction of sp³-hybridized carbons (Fsp3) is 0.231. The number of fused-ring (bicyclic) bond motifs is 1. The first kappa shape index (κ1) is 18.4. The highest BCUT2D eigenvalue weighted by Gasteiger charge is 2.45. The molecule has 0 spiro atoms. The molecule has 0 radical (unpaired) electrons. The Balaban J connectivity index is 1.70. The second-order valence-corrected chi connectivity index (χ2v) is 7.71. The lowest BCUT2D eigenvalue weighted by Gasteiger charge is -2.35. The monoisotopic (exact) mass is 369 g/mol. The minimum Gasteiger partial charge on any atom is -0.497 e. The Labute approximate surface area is 167 Å². The second-order valence-electron chi connectivity index (χ2n) is 7.71. The number of para-hydroxylation sites is 1.